The van der Waals surface area contributed by atoms with Crippen LogP contribution in [0.2, 0.25) is 0 Å². The van der Waals surface area contributed by atoms with Crippen LogP contribution in [0.15, 0.2) is 48.8 Å². The van der Waals surface area contributed by atoms with Crippen molar-refractivity contribution in [2.24, 2.45) is 0 Å². The van der Waals surface area contributed by atoms with Crippen LogP contribution in [0.3, 0.4) is 0 Å². The molecule has 128 valence electrons. The van der Waals surface area contributed by atoms with Crippen molar-refractivity contribution in [3.8, 4) is 5.75 Å². The van der Waals surface area contributed by atoms with Gasteiger partial charge in [-0.3, -0.25) is 0 Å². The zero-order chi connectivity index (χ0) is 16.9. The van der Waals surface area contributed by atoms with Gasteiger partial charge in [-0.05, 0) is 31.0 Å². The van der Waals surface area contributed by atoms with Gasteiger partial charge in [0, 0.05) is 36.9 Å². The molecule has 5 heteroatoms. The summed E-state index contributed by atoms with van der Waals surface area (Å²) in [5, 5.41) is 1.14. The standard InChI is InChI=1S/C20H22N4O/c1-25-17-13-22-19-16(7-10-21-19)18(17)23-11-12-24(20(14-23)8-9-20)15-5-3-2-4-6-15/h2-7,10,13H,8-9,11-12,14H2,1H3,(H,21,22). The summed E-state index contributed by atoms with van der Waals surface area (Å²) in [6.45, 7) is 3.04. The third-order valence-electron chi connectivity index (χ3n) is 5.61. The number of aromatic nitrogens is 2. The lowest BCUT2D eigenvalue weighted by Crippen LogP contribution is -2.55. The van der Waals surface area contributed by atoms with Crippen LogP contribution >= 0.6 is 0 Å². The summed E-state index contributed by atoms with van der Waals surface area (Å²) in [5.41, 5.74) is 3.70. The molecular weight excluding hydrogens is 312 g/mol. The maximum atomic E-state index is 5.64. The number of hydrogen-bond acceptors (Lipinski definition) is 4. The first-order valence-corrected chi connectivity index (χ1v) is 8.88. The minimum absolute atomic E-state index is 0.260. The third-order valence-corrected chi connectivity index (χ3v) is 5.61. The number of pyridine rings is 1. The number of benzene rings is 1. The number of methoxy groups -OCH3 is 1. The summed E-state index contributed by atoms with van der Waals surface area (Å²) >= 11 is 0. The van der Waals surface area contributed by atoms with E-state index in [0.29, 0.717) is 0 Å². The van der Waals surface area contributed by atoms with E-state index in [1.165, 1.54) is 24.2 Å². The van der Waals surface area contributed by atoms with E-state index in [4.69, 9.17) is 4.74 Å². The highest BCUT2D eigenvalue weighted by molar-refractivity contribution is 5.93. The van der Waals surface area contributed by atoms with Gasteiger partial charge in [0.1, 0.15) is 5.65 Å². The Morgan fingerprint density at radius 2 is 1.96 bits per heavy atom. The second-order valence-electron chi connectivity index (χ2n) is 7.05. The van der Waals surface area contributed by atoms with E-state index in [-0.39, 0.29) is 5.54 Å². The Labute approximate surface area is 147 Å². The molecule has 0 bridgehead atoms. The lowest BCUT2D eigenvalue weighted by Gasteiger charge is -2.45. The molecule has 1 aliphatic heterocycles. The molecule has 0 radical (unpaired) electrons. The van der Waals surface area contributed by atoms with Crippen LogP contribution < -0.4 is 14.5 Å². The number of ether oxygens (including phenoxy) is 1. The molecule has 1 saturated heterocycles. The summed E-state index contributed by atoms with van der Waals surface area (Å²) in [4.78, 5) is 12.8. The number of rotatable bonds is 3. The number of nitrogens with zero attached hydrogens (tertiary/aromatic N) is 3. The SMILES string of the molecule is COc1cnc2[nH]ccc2c1N1CCN(c2ccccc2)C2(CC2)C1. The minimum Gasteiger partial charge on any atom is -0.493 e. The van der Waals surface area contributed by atoms with Crippen LogP contribution in [0.4, 0.5) is 11.4 Å². The van der Waals surface area contributed by atoms with Crippen LogP contribution in [0.25, 0.3) is 11.0 Å². The van der Waals surface area contributed by atoms with E-state index >= 15 is 0 Å². The van der Waals surface area contributed by atoms with Crippen LogP contribution in [0, 0.1) is 0 Å². The van der Waals surface area contributed by atoms with Crippen LogP contribution in [0.5, 0.6) is 5.75 Å². The molecule has 0 unspecified atom stereocenters. The number of aromatic amines is 1. The Kier molecular flexibility index (Phi) is 3.17. The minimum atomic E-state index is 0.260. The van der Waals surface area contributed by atoms with Crippen LogP contribution in [0.1, 0.15) is 12.8 Å². The molecule has 1 saturated carbocycles. The van der Waals surface area contributed by atoms with Gasteiger partial charge in [-0.25, -0.2) is 4.98 Å². The van der Waals surface area contributed by atoms with Crippen molar-refractivity contribution in [1.82, 2.24) is 9.97 Å². The van der Waals surface area contributed by atoms with Gasteiger partial charge in [0.15, 0.2) is 5.75 Å². The Morgan fingerprint density at radius 1 is 1.12 bits per heavy atom. The summed E-state index contributed by atoms with van der Waals surface area (Å²) < 4.78 is 5.64. The number of hydrogen-bond donors (Lipinski definition) is 1. The molecule has 0 amide bonds. The van der Waals surface area contributed by atoms with Gasteiger partial charge in [0.25, 0.3) is 0 Å². The smallest absolute Gasteiger partial charge is 0.161 e. The molecule has 2 fully saturated rings. The normalized spacial score (nSPS) is 18.8. The highest BCUT2D eigenvalue weighted by Gasteiger charge is 2.51. The zero-order valence-electron chi connectivity index (χ0n) is 14.4. The van der Waals surface area contributed by atoms with Crippen molar-refractivity contribution in [1.29, 1.82) is 0 Å². The Balaban J connectivity index is 1.51. The number of piperazine rings is 1. The van der Waals surface area contributed by atoms with E-state index < -0.39 is 0 Å². The fourth-order valence-electron chi connectivity index (χ4n) is 4.20. The molecule has 1 aliphatic carbocycles. The van der Waals surface area contributed by atoms with Gasteiger partial charge in [-0.2, -0.15) is 0 Å². The molecule has 2 aliphatic rings. The fraction of sp³-hybridized carbons (Fsp3) is 0.350. The highest BCUT2D eigenvalue weighted by atomic mass is 16.5. The maximum Gasteiger partial charge on any atom is 0.161 e. The third kappa shape index (κ3) is 2.26. The number of nitrogens with one attached hydrogen (secondary N) is 1. The second-order valence-corrected chi connectivity index (χ2v) is 7.05. The van der Waals surface area contributed by atoms with E-state index in [1.807, 2.05) is 12.4 Å². The van der Waals surface area contributed by atoms with Crippen molar-refractivity contribution in [2.75, 3.05) is 36.5 Å². The molecule has 5 rings (SSSR count). The van der Waals surface area contributed by atoms with Gasteiger partial charge in [-0.1, -0.05) is 18.2 Å². The quantitative estimate of drug-likeness (QED) is 0.797. The molecule has 1 spiro atoms. The first-order chi connectivity index (χ1) is 12.3. The number of H-pyrrole nitrogens is 1. The van der Waals surface area contributed by atoms with Gasteiger partial charge < -0.3 is 19.5 Å². The lowest BCUT2D eigenvalue weighted by molar-refractivity contribution is 0.410. The molecule has 5 nitrogen and oxygen atoms in total. The Hall–Kier alpha value is -2.69. The average Bonchev–Trinajstić information content (AvgIpc) is 3.24. The first kappa shape index (κ1) is 14.6. The van der Waals surface area contributed by atoms with Crippen molar-refractivity contribution < 1.29 is 4.74 Å². The summed E-state index contributed by atoms with van der Waals surface area (Å²) in [7, 11) is 1.73. The Morgan fingerprint density at radius 3 is 2.72 bits per heavy atom. The van der Waals surface area contributed by atoms with Gasteiger partial charge in [-0.15, -0.1) is 0 Å². The number of fused-ring (bicyclic) bond motifs is 1. The van der Waals surface area contributed by atoms with E-state index in [1.54, 1.807) is 7.11 Å². The summed E-state index contributed by atoms with van der Waals surface area (Å²) in [5.74, 6) is 0.857. The van der Waals surface area contributed by atoms with Crippen molar-refractivity contribution >= 4 is 22.4 Å². The molecule has 3 heterocycles. The molecule has 2 aromatic heterocycles. The summed E-state index contributed by atoms with van der Waals surface area (Å²) in [6, 6.07) is 12.9. The Bertz CT molecular complexity index is 900. The van der Waals surface area contributed by atoms with Crippen molar-refractivity contribution in [3.63, 3.8) is 0 Å². The van der Waals surface area contributed by atoms with E-state index in [9.17, 15) is 0 Å². The number of anilines is 2. The van der Waals surface area contributed by atoms with Crippen LogP contribution in [-0.2, 0) is 0 Å². The maximum absolute atomic E-state index is 5.64. The molecular formula is C20H22N4O. The van der Waals surface area contributed by atoms with Crippen LogP contribution in [-0.4, -0.2) is 42.3 Å². The van der Waals surface area contributed by atoms with E-state index in [0.717, 1.165) is 36.4 Å². The molecule has 3 aromatic rings. The van der Waals surface area contributed by atoms with Crippen molar-refractivity contribution in [3.05, 3.63) is 48.8 Å². The van der Waals surface area contributed by atoms with Gasteiger partial charge >= 0.3 is 0 Å². The predicted octanol–water partition coefficient (Wildman–Crippen LogP) is 3.43. The lowest BCUT2D eigenvalue weighted by atomic mass is 10.1. The van der Waals surface area contributed by atoms with Gasteiger partial charge in [0.05, 0.1) is 24.5 Å². The largest absolute Gasteiger partial charge is 0.493 e. The molecule has 0 atom stereocenters. The second kappa shape index (κ2) is 5.41. The molecule has 25 heavy (non-hydrogen) atoms. The fourth-order valence-corrected chi connectivity index (χ4v) is 4.20. The van der Waals surface area contributed by atoms with Crippen molar-refractivity contribution in [2.45, 2.75) is 18.4 Å². The summed E-state index contributed by atoms with van der Waals surface area (Å²) in [6.07, 6.45) is 6.29. The first-order valence-electron chi connectivity index (χ1n) is 8.88. The predicted molar refractivity (Wildman–Crippen MR) is 101 cm³/mol. The van der Waals surface area contributed by atoms with Gasteiger partial charge in [0.2, 0.25) is 0 Å². The van der Waals surface area contributed by atoms with E-state index in [2.05, 4.69) is 56.2 Å². The highest BCUT2D eigenvalue weighted by Crippen LogP contribution is 2.48. The zero-order valence-corrected chi connectivity index (χ0v) is 14.4. The molecule has 1 aromatic carbocycles. The topological polar surface area (TPSA) is 44.4 Å². The number of para-hydroxylation sites is 1. The average molecular weight is 334 g/mol. The monoisotopic (exact) mass is 334 g/mol. The molecule has 1 N–H and O–H groups in total.